The lowest BCUT2D eigenvalue weighted by Crippen LogP contribution is -2.41. The second-order valence-electron chi connectivity index (χ2n) is 4.91. The minimum Gasteiger partial charge on any atom is -0.377 e. The third-order valence-corrected chi connectivity index (χ3v) is 3.29. The summed E-state index contributed by atoms with van der Waals surface area (Å²) in [4.78, 5) is 2.43. The van der Waals surface area contributed by atoms with Gasteiger partial charge in [-0.15, -0.1) is 0 Å². The lowest BCUT2D eigenvalue weighted by Gasteiger charge is -2.25. The molecule has 0 aliphatic carbocycles. The molecule has 0 amide bonds. The van der Waals surface area contributed by atoms with E-state index in [1.807, 2.05) is 0 Å². The Bertz CT molecular complexity index is 187. The first-order chi connectivity index (χ1) is 7.58. The molecule has 1 N–H and O–H groups in total. The van der Waals surface area contributed by atoms with Gasteiger partial charge in [-0.05, 0) is 6.92 Å². The fraction of sp³-hybridized carbons (Fsp3) is 1.00. The van der Waals surface area contributed by atoms with Gasteiger partial charge in [0.1, 0.15) is 0 Å². The van der Waals surface area contributed by atoms with Crippen LogP contribution < -0.4 is 5.32 Å². The van der Waals surface area contributed by atoms with E-state index in [2.05, 4.69) is 31.0 Å². The molecule has 0 saturated carbocycles. The molecule has 0 bridgehead atoms. The molecule has 0 aromatic rings. The molecule has 1 aliphatic heterocycles. The van der Waals surface area contributed by atoms with Crippen LogP contribution >= 0.6 is 0 Å². The van der Waals surface area contributed by atoms with E-state index in [4.69, 9.17) is 9.47 Å². The highest BCUT2D eigenvalue weighted by Crippen LogP contribution is 2.17. The largest absolute Gasteiger partial charge is 0.377 e. The molecule has 1 saturated heterocycles. The fourth-order valence-corrected chi connectivity index (χ4v) is 2.12. The smallest absolute Gasteiger partial charge is 0.0971 e. The Kier molecular flexibility index (Phi) is 5.69. The van der Waals surface area contributed by atoms with Gasteiger partial charge in [-0.1, -0.05) is 13.8 Å². The summed E-state index contributed by atoms with van der Waals surface area (Å²) in [6.07, 6.45) is 0.429. The Morgan fingerprint density at radius 1 is 1.12 bits per heavy atom. The zero-order valence-corrected chi connectivity index (χ0v) is 11.2. The fourth-order valence-electron chi connectivity index (χ4n) is 2.12. The summed E-state index contributed by atoms with van der Waals surface area (Å²) in [5, 5.41) is 3.46. The molecule has 1 aliphatic rings. The van der Waals surface area contributed by atoms with E-state index in [1.165, 1.54) is 0 Å². The van der Waals surface area contributed by atoms with E-state index in [1.54, 1.807) is 14.2 Å². The molecule has 3 unspecified atom stereocenters. The predicted octanol–water partition coefficient (Wildman–Crippen LogP) is 0.719. The number of ether oxygens (including phenoxy) is 2. The van der Waals surface area contributed by atoms with Gasteiger partial charge in [0.05, 0.1) is 12.2 Å². The lowest BCUT2D eigenvalue weighted by atomic mass is 10.2. The van der Waals surface area contributed by atoms with Gasteiger partial charge in [0.15, 0.2) is 0 Å². The normalized spacial score (nSPS) is 28.9. The molecule has 4 nitrogen and oxygen atoms in total. The van der Waals surface area contributed by atoms with Crippen LogP contribution in [0.1, 0.15) is 20.8 Å². The summed E-state index contributed by atoms with van der Waals surface area (Å²) in [6.45, 7) is 9.55. The van der Waals surface area contributed by atoms with E-state index in [9.17, 15) is 0 Å². The molecular weight excluding hydrogens is 204 g/mol. The van der Waals surface area contributed by atoms with E-state index < -0.39 is 0 Å². The monoisotopic (exact) mass is 230 g/mol. The van der Waals surface area contributed by atoms with Crippen LogP contribution in [0.15, 0.2) is 0 Å². The quantitative estimate of drug-likeness (QED) is 0.729. The SMILES string of the molecule is COC1CN(C(C)CNC(C)C)CC1OC. The van der Waals surface area contributed by atoms with Crippen molar-refractivity contribution in [3.05, 3.63) is 0 Å². The molecular formula is C12H26N2O2. The van der Waals surface area contributed by atoms with Gasteiger partial charge in [-0.2, -0.15) is 0 Å². The van der Waals surface area contributed by atoms with Crippen molar-refractivity contribution in [1.29, 1.82) is 0 Å². The van der Waals surface area contributed by atoms with Crippen LogP contribution in [-0.4, -0.2) is 63.0 Å². The Morgan fingerprint density at radius 2 is 1.62 bits per heavy atom. The van der Waals surface area contributed by atoms with Crippen LogP contribution in [0.2, 0.25) is 0 Å². The standard InChI is InChI=1S/C12H26N2O2/c1-9(2)13-6-10(3)14-7-11(15-4)12(8-14)16-5/h9-13H,6-8H2,1-5H3. The van der Waals surface area contributed by atoms with Crippen molar-refractivity contribution < 1.29 is 9.47 Å². The molecule has 1 rings (SSSR count). The van der Waals surface area contributed by atoms with Crippen LogP contribution in [0.3, 0.4) is 0 Å². The molecule has 16 heavy (non-hydrogen) atoms. The minimum absolute atomic E-state index is 0.214. The average molecular weight is 230 g/mol. The van der Waals surface area contributed by atoms with Crippen molar-refractivity contribution in [2.24, 2.45) is 0 Å². The van der Waals surface area contributed by atoms with Crippen LogP contribution in [-0.2, 0) is 9.47 Å². The van der Waals surface area contributed by atoms with Gasteiger partial charge in [-0.3, -0.25) is 4.90 Å². The van der Waals surface area contributed by atoms with Gasteiger partial charge in [0.2, 0.25) is 0 Å². The highest BCUT2D eigenvalue weighted by Gasteiger charge is 2.34. The van der Waals surface area contributed by atoms with Crippen molar-refractivity contribution in [2.45, 2.75) is 45.1 Å². The maximum Gasteiger partial charge on any atom is 0.0971 e. The number of nitrogens with zero attached hydrogens (tertiary/aromatic N) is 1. The van der Waals surface area contributed by atoms with Crippen molar-refractivity contribution in [1.82, 2.24) is 10.2 Å². The highest BCUT2D eigenvalue weighted by atomic mass is 16.5. The summed E-state index contributed by atoms with van der Waals surface area (Å²) >= 11 is 0. The third-order valence-electron chi connectivity index (χ3n) is 3.29. The molecule has 96 valence electrons. The predicted molar refractivity (Wildman–Crippen MR) is 65.8 cm³/mol. The summed E-state index contributed by atoms with van der Waals surface area (Å²) in [5.41, 5.74) is 0. The first-order valence-electron chi connectivity index (χ1n) is 6.11. The van der Waals surface area contributed by atoms with Crippen LogP contribution in [0.5, 0.6) is 0 Å². The molecule has 1 fully saturated rings. The maximum absolute atomic E-state index is 5.43. The average Bonchev–Trinajstić information content (AvgIpc) is 2.68. The van der Waals surface area contributed by atoms with Crippen molar-refractivity contribution in [2.75, 3.05) is 33.9 Å². The number of methoxy groups -OCH3 is 2. The summed E-state index contributed by atoms with van der Waals surface area (Å²) in [6, 6.07) is 1.07. The minimum atomic E-state index is 0.214. The zero-order valence-electron chi connectivity index (χ0n) is 11.2. The third kappa shape index (κ3) is 3.70. The van der Waals surface area contributed by atoms with Crippen molar-refractivity contribution in [3.63, 3.8) is 0 Å². The van der Waals surface area contributed by atoms with Crippen LogP contribution in [0, 0.1) is 0 Å². The van der Waals surface area contributed by atoms with Crippen LogP contribution in [0.4, 0.5) is 0 Å². The van der Waals surface area contributed by atoms with Crippen molar-refractivity contribution in [3.8, 4) is 0 Å². The molecule has 4 heteroatoms. The van der Waals surface area contributed by atoms with E-state index in [0.717, 1.165) is 19.6 Å². The summed E-state index contributed by atoms with van der Waals surface area (Å²) < 4.78 is 10.9. The second-order valence-corrected chi connectivity index (χ2v) is 4.91. The summed E-state index contributed by atoms with van der Waals surface area (Å²) in [7, 11) is 3.52. The number of hydrogen-bond acceptors (Lipinski definition) is 4. The van der Waals surface area contributed by atoms with Crippen LogP contribution in [0.25, 0.3) is 0 Å². The second kappa shape index (κ2) is 6.55. The first kappa shape index (κ1) is 13.9. The van der Waals surface area contributed by atoms with Gasteiger partial charge < -0.3 is 14.8 Å². The zero-order chi connectivity index (χ0) is 12.1. The maximum atomic E-state index is 5.43. The number of likely N-dealkylation sites (tertiary alicyclic amines) is 1. The molecule has 1 heterocycles. The molecule has 0 spiro atoms. The Balaban J connectivity index is 2.38. The Labute approximate surface area is 99.3 Å². The van der Waals surface area contributed by atoms with Gasteiger partial charge in [0.25, 0.3) is 0 Å². The van der Waals surface area contributed by atoms with E-state index in [0.29, 0.717) is 12.1 Å². The first-order valence-corrected chi connectivity index (χ1v) is 6.11. The van der Waals surface area contributed by atoms with Gasteiger partial charge >= 0.3 is 0 Å². The molecule has 0 radical (unpaired) electrons. The van der Waals surface area contributed by atoms with Gasteiger partial charge in [0, 0.05) is 45.9 Å². The highest BCUT2D eigenvalue weighted by molar-refractivity contribution is 4.88. The van der Waals surface area contributed by atoms with Crippen molar-refractivity contribution >= 4 is 0 Å². The molecule has 0 aromatic heterocycles. The number of rotatable bonds is 6. The lowest BCUT2D eigenvalue weighted by molar-refractivity contribution is -0.00461. The van der Waals surface area contributed by atoms with Gasteiger partial charge in [-0.25, -0.2) is 0 Å². The number of hydrogen-bond donors (Lipinski definition) is 1. The Morgan fingerprint density at radius 3 is 2.00 bits per heavy atom. The van der Waals surface area contributed by atoms with E-state index in [-0.39, 0.29) is 12.2 Å². The molecule has 0 aromatic carbocycles. The summed E-state index contributed by atoms with van der Waals surface area (Å²) in [5.74, 6) is 0. The van der Waals surface area contributed by atoms with E-state index >= 15 is 0 Å². The topological polar surface area (TPSA) is 33.7 Å². The molecule has 3 atom stereocenters. The Hall–Kier alpha value is -0.160. The number of nitrogens with one attached hydrogen (secondary N) is 1.